The van der Waals surface area contributed by atoms with Crippen molar-refractivity contribution < 1.29 is 14.3 Å². The summed E-state index contributed by atoms with van der Waals surface area (Å²) in [6, 6.07) is 11.7. The summed E-state index contributed by atoms with van der Waals surface area (Å²) in [5, 5.41) is 4.83. The van der Waals surface area contributed by atoms with Crippen molar-refractivity contribution in [2.45, 2.75) is 31.8 Å². The van der Waals surface area contributed by atoms with Crippen LogP contribution in [0.4, 0.5) is 0 Å². The molecule has 138 valence electrons. The zero-order valence-corrected chi connectivity index (χ0v) is 15.9. The van der Waals surface area contributed by atoms with Crippen LogP contribution in [0.25, 0.3) is 0 Å². The van der Waals surface area contributed by atoms with E-state index in [-0.39, 0.29) is 11.9 Å². The van der Waals surface area contributed by atoms with E-state index in [0.717, 1.165) is 23.2 Å². The third kappa shape index (κ3) is 3.44. The van der Waals surface area contributed by atoms with Crippen molar-refractivity contribution in [2.24, 2.45) is 5.92 Å². The first-order chi connectivity index (χ1) is 12.6. The zero-order chi connectivity index (χ0) is 18.1. The second-order valence-electron chi connectivity index (χ2n) is 7.02. The Hall–Kier alpha value is -2.05. The minimum absolute atomic E-state index is 0.0000529. The van der Waals surface area contributed by atoms with Crippen LogP contribution in [0.2, 0.25) is 0 Å². The molecule has 1 amide bonds. The normalized spacial score (nSPS) is 27.2. The number of rotatable bonds is 5. The van der Waals surface area contributed by atoms with Gasteiger partial charge in [-0.05, 0) is 75.2 Å². The summed E-state index contributed by atoms with van der Waals surface area (Å²) in [5.74, 6) is 1.32. The second kappa shape index (κ2) is 7.29. The maximum atomic E-state index is 12.7. The van der Waals surface area contributed by atoms with Gasteiger partial charge in [0.15, 0.2) is 10.1 Å². The molecule has 5 rings (SSSR count). The van der Waals surface area contributed by atoms with Crippen LogP contribution >= 0.6 is 11.3 Å². The molecule has 5 nitrogen and oxygen atoms in total. The SMILES string of the molecule is COc1ccc(Oc2ccc(C(=O)N[C@@H]3C4CCN(CC4)[C@H]3C)cc2)s1. The van der Waals surface area contributed by atoms with E-state index in [1.165, 1.54) is 24.2 Å². The first-order valence-corrected chi connectivity index (χ1v) is 9.92. The summed E-state index contributed by atoms with van der Waals surface area (Å²) in [6.45, 7) is 4.55. The fourth-order valence-electron chi connectivity index (χ4n) is 4.04. The molecule has 2 bridgehead atoms. The van der Waals surface area contributed by atoms with E-state index >= 15 is 0 Å². The molecule has 0 radical (unpaired) electrons. The number of ether oxygens (including phenoxy) is 2. The summed E-state index contributed by atoms with van der Waals surface area (Å²) in [7, 11) is 1.64. The lowest BCUT2D eigenvalue weighted by Gasteiger charge is -2.49. The van der Waals surface area contributed by atoms with Crippen molar-refractivity contribution in [1.82, 2.24) is 10.2 Å². The molecule has 3 aliphatic heterocycles. The molecule has 0 aliphatic carbocycles. The summed E-state index contributed by atoms with van der Waals surface area (Å²) >= 11 is 1.44. The van der Waals surface area contributed by atoms with Crippen molar-refractivity contribution >= 4 is 17.2 Å². The second-order valence-corrected chi connectivity index (χ2v) is 8.03. The monoisotopic (exact) mass is 372 g/mol. The number of carbonyl (C=O) groups excluding carboxylic acids is 1. The molecule has 6 heteroatoms. The van der Waals surface area contributed by atoms with Gasteiger partial charge in [-0.1, -0.05) is 11.3 Å². The van der Waals surface area contributed by atoms with Gasteiger partial charge in [0, 0.05) is 17.6 Å². The van der Waals surface area contributed by atoms with E-state index in [1.807, 2.05) is 36.4 Å². The topological polar surface area (TPSA) is 50.8 Å². The maximum absolute atomic E-state index is 12.7. The first kappa shape index (κ1) is 17.4. The minimum atomic E-state index is -0.0000529. The lowest BCUT2D eigenvalue weighted by Crippen LogP contribution is -2.62. The number of amides is 1. The Bertz CT molecular complexity index is 764. The number of fused-ring (bicyclic) bond motifs is 3. The highest BCUT2D eigenvalue weighted by molar-refractivity contribution is 7.15. The summed E-state index contributed by atoms with van der Waals surface area (Å²) < 4.78 is 11.0. The van der Waals surface area contributed by atoms with Crippen LogP contribution in [0.3, 0.4) is 0 Å². The highest BCUT2D eigenvalue weighted by atomic mass is 32.1. The fraction of sp³-hybridized carbons (Fsp3) is 0.450. The maximum Gasteiger partial charge on any atom is 0.251 e. The van der Waals surface area contributed by atoms with Gasteiger partial charge in [0.25, 0.3) is 5.91 Å². The van der Waals surface area contributed by atoms with Gasteiger partial charge < -0.3 is 14.8 Å². The van der Waals surface area contributed by atoms with Crippen LogP contribution in [0.15, 0.2) is 36.4 Å². The van der Waals surface area contributed by atoms with Crippen molar-refractivity contribution in [1.29, 1.82) is 0 Å². The molecule has 2 aromatic rings. The Morgan fingerprint density at radius 1 is 1.12 bits per heavy atom. The molecule has 1 aromatic heterocycles. The average molecular weight is 372 g/mol. The summed E-state index contributed by atoms with van der Waals surface area (Å²) in [5.41, 5.74) is 0.671. The van der Waals surface area contributed by atoms with Gasteiger partial charge in [-0.25, -0.2) is 0 Å². The molecule has 26 heavy (non-hydrogen) atoms. The molecule has 1 aromatic carbocycles. The Morgan fingerprint density at radius 2 is 1.81 bits per heavy atom. The van der Waals surface area contributed by atoms with Crippen molar-refractivity contribution in [2.75, 3.05) is 20.2 Å². The molecule has 1 N–H and O–H groups in total. The van der Waals surface area contributed by atoms with Crippen LogP contribution in [0.1, 0.15) is 30.1 Å². The van der Waals surface area contributed by atoms with E-state index in [2.05, 4.69) is 17.1 Å². The van der Waals surface area contributed by atoms with Gasteiger partial charge in [-0.3, -0.25) is 9.69 Å². The Kier molecular flexibility index (Phi) is 4.87. The van der Waals surface area contributed by atoms with Gasteiger partial charge in [-0.15, -0.1) is 0 Å². The number of hydrogen-bond donors (Lipinski definition) is 1. The average Bonchev–Trinajstić information content (AvgIpc) is 3.13. The number of carbonyl (C=O) groups is 1. The van der Waals surface area contributed by atoms with Gasteiger partial charge in [0.1, 0.15) is 5.75 Å². The predicted molar refractivity (Wildman–Crippen MR) is 102 cm³/mol. The third-order valence-electron chi connectivity index (χ3n) is 5.57. The highest BCUT2D eigenvalue weighted by Gasteiger charge is 2.40. The number of hydrogen-bond acceptors (Lipinski definition) is 5. The molecular formula is C20H24N2O3S. The lowest BCUT2D eigenvalue weighted by atomic mass is 9.79. The van der Waals surface area contributed by atoms with Crippen molar-refractivity contribution in [3.05, 3.63) is 42.0 Å². The van der Waals surface area contributed by atoms with E-state index in [0.29, 0.717) is 23.3 Å². The highest BCUT2D eigenvalue weighted by Crippen LogP contribution is 2.34. The van der Waals surface area contributed by atoms with E-state index in [9.17, 15) is 4.79 Å². The van der Waals surface area contributed by atoms with Crippen LogP contribution < -0.4 is 14.8 Å². The molecule has 0 spiro atoms. The van der Waals surface area contributed by atoms with Gasteiger partial charge in [-0.2, -0.15) is 0 Å². The van der Waals surface area contributed by atoms with Crippen LogP contribution in [0, 0.1) is 5.92 Å². The number of piperidine rings is 3. The number of nitrogens with one attached hydrogen (secondary N) is 1. The quantitative estimate of drug-likeness (QED) is 0.868. The molecule has 2 atom stereocenters. The summed E-state index contributed by atoms with van der Waals surface area (Å²) in [6.07, 6.45) is 2.37. The molecule has 4 heterocycles. The van der Waals surface area contributed by atoms with E-state index in [4.69, 9.17) is 9.47 Å². The summed E-state index contributed by atoms with van der Waals surface area (Å²) in [4.78, 5) is 15.1. The van der Waals surface area contributed by atoms with E-state index < -0.39 is 0 Å². The fourth-order valence-corrected chi connectivity index (χ4v) is 4.73. The number of benzene rings is 1. The van der Waals surface area contributed by atoms with Gasteiger partial charge >= 0.3 is 0 Å². The molecule has 0 saturated carbocycles. The van der Waals surface area contributed by atoms with Crippen LogP contribution in [-0.4, -0.2) is 43.1 Å². The van der Waals surface area contributed by atoms with Crippen molar-refractivity contribution in [3.63, 3.8) is 0 Å². The Labute approximate surface area is 157 Å². The van der Waals surface area contributed by atoms with Crippen LogP contribution in [0.5, 0.6) is 15.9 Å². The van der Waals surface area contributed by atoms with Crippen LogP contribution in [-0.2, 0) is 0 Å². The molecule has 3 aliphatic rings. The zero-order valence-electron chi connectivity index (χ0n) is 15.1. The van der Waals surface area contributed by atoms with Crippen molar-refractivity contribution in [3.8, 4) is 15.9 Å². The van der Waals surface area contributed by atoms with Gasteiger partial charge in [0.2, 0.25) is 0 Å². The molecule has 0 unspecified atom stereocenters. The number of methoxy groups -OCH3 is 1. The predicted octanol–water partition coefficient (Wildman–Crippen LogP) is 3.76. The molecule has 3 saturated heterocycles. The standard InChI is InChI=1S/C20H24N2O3S/c1-13-19(14-9-11-22(13)12-10-14)21-20(23)15-3-5-16(6-4-15)25-18-8-7-17(24-2)26-18/h3-8,13-14,19H,9-12H2,1-2H3,(H,21,23)/t13-,19-/m0/s1. The van der Waals surface area contributed by atoms with E-state index in [1.54, 1.807) is 7.11 Å². The Balaban J connectivity index is 1.39. The third-order valence-corrected chi connectivity index (χ3v) is 6.49. The lowest BCUT2D eigenvalue weighted by molar-refractivity contribution is 0.0217. The largest absolute Gasteiger partial charge is 0.487 e. The molecular weight excluding hydrogens is 348 g/mol. The first-order valence-electron chi connectivity index (χ1n) is 9.10. The minimum Gasteiger partial charge on any atom is -0.487 e. The Morgan fingerprint density at radius 3 is 2.42 bits per heavy atom. The van der Waals surface area contributed by atoms with Gasteiger partial charge in [0.05, 0.1) is 7.11 Å². The molecule has 3 fully saturated rings. The number of thiophene rings is 1. The smallest absolute Gasteiger partial charge is 0.251 e. The number of nitrogens with zero attached hydrogens (tertiary/aromatic N) is 1.